The van der Waals surface area contributed by atoms with Crippen LogP contribution in [-0.2, 0) is 17.9 Å². The number of imidazole rings is 1. The molecule has 3 aromatic rings. The van der Waals surface area contributed by atoms with E-state index in [0.29, 0.717) is 13.2 Å². The van der Waals surface area contributed by atoms with Crippen molar-refractivity contribution in [2.45, 2.75) is 60.0 Å². The van der Waals surface area contributed by atoms with Crippen LogP contribution in [0.15, 0.2) is 42.5 Å². The summed E-state index contributed by atoms with van der Waals surface area (Å²) in [5.41, 5.74) is 4.47. The smallest absolute Gasteiger partial charge is 0.223 e. The minimum absolute atomic E-state index is 0.0639. The fourth-order valence-corrected chi connectivity index (χ4v) is 3.91. The molecule has 0 fully saturated rings. The molecular formula is C25H33N3O2. The number of benzene rings is 2. The first-order chi connectivity index (χ1) is 14.5. The molecule has 0 aliphatic heterocycles. The van der Waals surface area contributed by atoms with Gasteiger partial charge in [0.25, 0.3) is 0 Å². The zero-order chi connectivity index (χ0) is 21.5. The van der Waals surface area contributed by atoms with Gasteiger partial charge in [-0.2, -0.15) is 0 Å². The van der Waals surface area contributed by atoms with Gasteiger partial charge in [0.2, 0.25) is 5.91 Å². The largest absolute Gasteiger partial charge is 0.494 e. The lowest BCUT2D eigenvalue weighted by atomic mass is 10.0. The van der Waals surface area contributed by atoms with Gasteiger partial charge in [-0.3, -0.25) is 4.79 Å². The average molecular weight is 408 g/mol. The highest BCUT2D eigenvalue weighted by Crippen LogP contribution is 2.19. The van der Waals surface area contributed by atoms with Crippen LogP contribution in [0.2, 0.25) is 0 Å². The number of nitrogens with zero attached hydrogens (tertiary/aromatic N) is 2. The molecule has 0 atom stereocenters. The maximum absolute atomic E-state index is 12.4. The van der Waals surface area contributed by atoms with Crippen LogP contribution in [0.4, 0.5) is 0 Å². The number of hydrogen-bond acceptors (Lipinski definition) is 3. The molecule has 0 saturated heterocycles. The Hall–Kier alpha value is -2.82. The molecule has 0 saturated carbocycles. The second kappa shape index (κ2) is 10.3. The third-order valence-electron chi connectivity index (χ3n) is 5.50. The van der Waals surface area contributed by atoms with E-state index in [9.17, 15) is 4.79 Å². The third-order valence-corrected chi connectivity index (χ3v) is 5.50. The van der Waals surface area contributed by atoms with E-state index >= 15 is 0 Å². The van der Waals surface area contributed by atoms with Gasteiger partial charge in [0, 0.05) is 12.5 Å². The Morgan fingerprint density at radius 3 is 2.50 bits per heavy atom. The summed E-state index contributed by atoms with van der Waals surface area (Å²) < 4.78 is 8.17. The molecule has 1 aromatic heterocycles. The molecule has 0 spiro atoms. The molecule has 1 amide bonds. The Morgan fingerprint density at radius 1 is 1.10 bits per heavy atom. The summed E-state index contributed by atoms with van der Waals surface area (Å²) in [6.07, 6.45) is 2.57. The standard InChI is InChI=1S/C25H33N3O2/c1-5-20(6-2)25(29)26-17-24-27-22-10-7-8-11-23(22)28(24)12-9-13-30-21-15-18(3)14-19(4)16-21/h7-8,10-11,14-16,20H,5-6,9,12-13,17H2,1-4H3,(H,26,29). The Kier molecular flexibility index (Phi) is 7.50. The van der Waals surface area contributed by atoms with Crippen molar-refractivity contribution in [3.63, 3.8) is 0 Å². The number of rotatable bonds is 10. The molecule has 0 radical (unpaired) electrons. The molecule has 5 nitrogen and oxygen atoms in total. The van der Waals surface area contributed by atoms with Crippen molar-refractivity contribution < 1.29 is 9.53 Å². The van der Waals surface area contributed by atoms with Gasteiger partial charge in [0.1, 0.15) is 11.6 Å². The second-order valence-corrected chi connectivity index (χ2v) is 7.93. The molecule has 160 valence electrons. The van der Waals surface area contributed by atoms with Gasteiger partial charge in [-0.1, -0.05) is 32.0 Å². The highest BCUT2D eigenvalue weighted by molar-refractivity contribution is 5.79. The fourth-order valence-electron chi connectivity index (χ4n) is 3.91. The monoisotopic (exact) mass is 407 g/mol. The molecule has 0 aliphatic carbocycles. The molecule has 2 aromatic carbocycles. The van der Waals surface area contributed by atoms with Crippen LogP contribution < -0.4 is 10.1 Å². The van der Waals surface area contributed by atoms with E-state index in [1.54, 1.807) is 0 Å². The lowest BCUT2D eigenvalue weighted by Gasteiger charge is -2.14. The highest BCUT2D eigenvalue weighted by Gasteiger charge is 2.16. The van der Waals surface area contributed by atoms with E-state index < -0.39 is 0 Å². The molecule has 0 unspecified atom stereocenters. The van der Waals surface area contributed by atoms with Crippen LogP contribution >= 0.6 is 0 Å². The van der Waals surface area contributed by atoms with Crippen molar-refractivity contribution in [1.82, 2.24) is 14.9 Å². The van der Waals surface area contributed by atoms with Crippen LogP contribution in [-0.4, -0.2) is 22.1 Å². The Labute approximate surface area is 179 Å². The van der Waals surface area contributed by atoms with Crippen LogP contribution in [0.3, 0.4) is 0 Å². The van der Waals surface area contributed by atoms with Crippen LogP contribution in [0, 0.1) is 19.8 Å². The quantitative estimate of drug-likeness (QED) is 0.472. The fraction of sp³-hybridized carbons (Fsp3) is 0.440. The number of aromatic nitrogens is 2. The molecule has 5 heteroatoms. The predicted molar refractivity (Wildman–Crippen MR) is 122 cm³/mol. The summed E-state index contributed by atoms with van der Waals surface area (Å²) in [5.74, 6) is 1.98. The van der Waals surface area contributed by atoms with Gasteiger partial charge in [-0.15, -0.1) is 0 Å². The molecule has 1 N–H and O–H groups in total. The zero-order valence-electron chi connectivity index (χ0n) is 18.6. The van der Waals surface area contributed by atoms with E-state index in [-0.39, 0.29) is 11.8 Å². The number of aryl methyl sites for hydroxylation is 3. The van der Waals surface area contributed by atoms with E-state index in [1.807, 2.05) is 18.2 Å². The van der Waals surface area contributed by atoms with Crippen molar-refractivity contribution in [3.05, 3.63) is 59.4 Å². The zero-order valence-corrected chi connectivity index (χ0v) is 18.6. The van der Waals surface area contributed by atoms with Crippen LogP contribution in [0.25, 0.3) is 11.0 Å². The van der Waals surface area contributed by atoms with Gasteiger partial charge in [-0.05, 0) is 68.5 Å². The maximum atomic E-state index is 12.4. The number of para-hydroxylation sites is 2. The summed E-state index contributed by atoms with van der Waals surface area (Å²) in [6, 6.07) is 14.4. The molecular weight excluding hydrogens is 374 g/mol. The first-order valence-corrected chi connectivity index (χ1v) is 10.9. The minimum atomic E-state index is 0.0639. The summed E-state index contributed by atoms with van der Waals surface area (Å²) in [7, 11) is 0. The van der Waals surface area contributed by atoms with Crippen LogP contribution in [0.1, 0.15) is 50.1 Å². The van der Waals surface area contributed by atoms with Gasteiger partial charge in [0.15, 0.2) is 0 Å². The third kappa shape index (κ3) is 5.41. The molecule has 1 heterocycles. The number of hydrogen-bond donors (Lipinski definition) is 1. The predicted octanol–water partition coefficient (Wildman–Crippen LogP) is 5.17. The molecule has 0 aliphatic rings. The number of carbonyl (C=O) groups excluding carboxylic acids is 1. The van der Waals surface area contributed by atoms with Crippen molar-refractivity contribution >= 4 is 16.9 Å². The minimum Gasteiger partial charge on any atom is -0.494 e. The van der Waals surface area contributed by atoms with Crippen molar-refractivity contribution in [1.29, 1.82) is 0 Å². The number of nitrogens with one attached hydrogen (secondary N) is 1. The topological polar surface area (TPSA) is 56.2 Å². The normalized spacial score (nSPS) is 11.2. The maximum Gasteiger partial charge on any atom is 0.223 e. The Bertz CT molecular complexity index is 969. The highest BCUT2D eigenvalue weighted by atomic mass is 16.5. The average Bonchev–Trinajstić information content (AvgIpc) is 3.07. The number of carbonyl (C=O) groups is 1. The van der Waals surface area contributed by atoms with E-state index in [4.69, 9.17) is 9.72 Å². The number of fused-ring (bicyclic) bond motifs is 1. The van der Waals surface area contributed by atoms with Crippen molar-refractivity contribution in [2.24, 2.45) is 5.92 Å². The second-order valence-electron chi connectivity index (χ2n) is 7.93. The first kappa shape index (κ1) is 21.9. The van der Waals surface area contributed by atoms with E-state index in [2.05, 4.69) is 61.8 Å². The summed E-state index contributed by atoms with van der Waals surface area (Å²) >= 11 is 0. The summed E-state index contributed by atoms with van der Waals surface area (Å²) in [6.45, 7) is 10.1. The van der Waals surface area contributed by atoms with Gasteiger partial charge >= 0.3 is 0 Å². The van der Waals surface area contributed by atoms with Crippen LogP contribution in [0.5, 0.6) is 5.75 Å². The molecule has 0 bridgehead atoms. The Morgan fingerprint density at radius 2 is 1.80 bits per heavy atom. The number of ether oxygens (including phenoxy) is 1. The first-order valence-electron chi connectivity index (χ1n) is 10.9. The lowest BCUT2D eigenvalue weighted by molar-refractivity contribution is -0.125. The summed E-state index contributed by atoms with van der Waals surface area (Å²) in [5, 5.41) is 3.08. The SMILES string of the molecule is CCC(CC)C(=O)NCc1nc2ccccc2n1CCCOc1cc(C)cc(C)c1. The van der Waals surface area contributed by atoms with Crippen molar-refractivity contribution in [3.8, 4) is 5.75 Å². The summed E-state index contributed by atoms with van der Waals surface area (Å²) in [4.78, 5) is 17.2. The Balaban J connectivity index is 1.66. The van der Waals surface area contributed by atoms with Gasteiger partial charge in [-0.25, -0.2) is 4.98 Å². The van der Waals surface area contributed by atoms with E-state index in [1.165, 1.54) is 11.1 Å². The van der Waals surface area contributed by atoms with Gasteiger partial charge in [0.05, 0.1) is 24.2 Å². The van der Waals surface area contributed by atoms with Crippen molar-refractivity contribution in [2.75, 3.05) is 6.61 Å². The molecule has 30 heavy (non-hydrogen) atoms. The van der Waals surface area contributed by atoms with E-state index in [0.717, 1.165) is 48.4 Å². The molecule has 3 rings (SSSR count). The van der Waals surface area contributed by atoms with Gasteiger partial charge < -0.3 is 14.6 Å². The lowest BCUT2D eigenvalue weighted by Crippen LogP contribution is -2.30. The number of amides is 1.